The SMILES string of the molecule is CCOCCCN(CCC(=O)OC)C(=O)C(F)(F)F. The third kappa shape index (κ3) is 7.66. The number of nitrogens with zero attached hydrogens (tertiary/aromatic N) is 1. The maximum Gasteiger partial charge on any atom is 0.471 e. The molecule has 0 saturated heterocycles. The molecule has 112 valence electrons. The summed E-state index contributed by atoms with van der Waals surface area (Å²) in [6, 6.07) is 0. The van der Waals surface area contributed by atoms with Crippen molar-refractivity contribution in [3.05, 3.63) is 0 Å². The Labute approximate surface area is 109 Å². The van der Waals surface area contributed by atoms with E-state index in [0.717, 1.165) is 7.11 Å². The fourth-order valence-electron chi connectivity index (χ4n) is 1.32. The van der Waals surface area contributed by atoms with Gasteiger partial charge in [-0.05, 0) is 13.3 Å². The zero-order chi connectivity index (χ0) is 14.9. The predicted octanol–water partition coefficient (Wildman–Crippen LogP) is 1.37. The van der Waals surface area contributed by atoms with E-state index in [1.807, 2.05) is 0 Å². The number of hydrogen-bond acceptors (Lipinski definition) is 4. The Morgan fingerprint density at radius 1 is 1.21 bits per heavy atom. The van der Waals surface area contributed by atoms with E-state index in [4.69, 9.17) is 4.74 Å². The molecule has 0 atom stereocenters. The first-order chi connectivity index (χ1) is 8.82. The highest BCUT2D eigenvalue weighted by Gasteiger charge is 2.42. The van der Waals surface area contributed by atoms with Crippen LogP contribution in [0.5, 0.6) is 0 Å². The second-order valence-electron chi connectivity index (χ2n) is 3.67. The van der Waals surface area contributed by atoms with Crippen molar-refractivity contribution in [3.8, 4) is 0 Å². The lowest BCUT2D eigenvalue weighted by atomic mass is 10.3. The van der Waals surface area contributed by atoms with E-state index >= 15 is 0 Å². The van der Waals surface area contributed by atoms with Gasteiger partial charge in [0.05, 0.1) is 13.5 Å². The maximum absolute atomic E-state index is 12.3. The minimum atomic E-state index is -4.94. The first-order valence-corrected chi connectivity index (χ1v) is 5.83. The van der Waals surface area contributed by atoms with Crippen molar-refractivity contribution in [2.45, 2.75) is 25.9 Å². The van der Waals surface area contributed by atoms with Crippen molar-refractivity contribution < 1.29 is 32.2 Å². The van der Waals surface area contributed by atoms with Crippen molar-refractivity contribution >= 4 is 11.9 Å². The summed E-state index contributed by atoms with van der Waals surface area (Å²) in [5.74, 6) is -2.61. The van der Waals surface area contributed by atoms with E-state index in [0.29, 0.717) is 11.5 Å². The number of methoxy groups -OCH3 is 1. The van der Waals surface area contributed by atoms with E-state index in [1.54, 1.807) is 6.92 Å². The van der Waals surface area contributed by atoms with E-state index < -0.39 is 18.1 Å². The number of carbonyl (C=O) groups excluding carboxylic acids is 2. The molecule has 0 spiro atoms. The third-order valence-corrected chi connectivity index (χ3v) is 2.26. The number of alkyl halides is 3. The number of esters is 1. The van der Waals surface area contributed by atoms with Crippen LogP contribution in [0.25, 0.3) is 0 Å². The molecule has 0 heterocycles. The van der Waals surface area contributed by atoms with Gasteiger partial charge in [-0.3, -0.25) is 9.59 Å². The molecule has 0 aliphatic carbocycles. The summed E-state index contributed by atoms with van der Waals surface area (Å²) in [6.45, 7) is 2.04. The average Bonchev–Trinajstić information content (AvgIpc) is 2.35. The van der Waals surface area contributed by atoms with Gasteiger partial charge in [0.1, 0.15) is 0 Å². The molecule has 0 radical (unpaired) electrons. The largest absolute Gasteiger partial charge is 0.471 e. The fraction of sp³-hybridized carbons (Fsp3) is 0.818. The van der Waals surface area contributed by atoms with Crippen LogP contribution in [0.4, 0.5) is 13.2 Å². The highest BCUT2D eigenvalue weighted by molar-refractivity contribution is 5.82. The minimum Gasteiger partial charge on any atom is -0.469 e. The van der Waals surface area contributed by atoms with Gasteiger partial charge in [0.15, 0.2) is 0 Å². The molecule has 0 N–H and O–H groups in total. The van der Waals surface area contributed by atoms with Crippen LogP contribution in [0.15, 0.2) is 0 Å². The smallest absolute Gasteiger partial charge is 0.469 e. The number of ether oxygens (including phenoxy) is 2. The molecule has 5 nitrogen and oxygen atoms in total. The summed E-state index contributed by atoms with van der Waals surface area (Å²) in [6.07, 6.45) is -4.94. The van der Waals surface area contributed by atoms with E-state index in [1.165, 1.54) is 0 Å². The molecule has 0 unspecified atom stereocenters. The van der Waals surface area contributed by atoms with Crippen LogP contribution < -0.4 is 0 Å². The molecule has 0 aromatic carbocycles. The molecule has 0 aliphatic heterocycles. The molecule has 19 heavy (non-hydrogen) atoms. The van der Waals surface area contributed by atoms with Crippen molar-refractivity contribution in [1.29, 1.82) is 0 Å². The Balaban J connectivity index is 4.38. The summed E-state index contributed by atoms with van der Waals surface area (Å²) in [4.78, 5) is 22.6. The lowest BCUT2D eigenvalue weighted by molar-refractivity contribution is -0.185. The highest BCUT2D eigenvalue weighted by Crippen LogP contribution is 2.18. The molecule has 0 saturated carbocycles. The van der Waals surface area contributed by atoms with Crippen molar-refractivity contribution in [2.75, 3.05) is 33.4 Å². The number of halogens is 3. The first kappa shape index (κ1) is 17.7. The summed E-state index contributed by atoms with van der Waals surface area (Å²) in [5.41, 5.74) is 0. The van der Waals surface area contributed by atoms with E-state index in [-0.39, 0.29) is 32.5 Å². The van der Waals surface area contributed by atoms with Gasteiger partial charge in [-0.2, -0.15) is 13.2 Å². The van der Waals surface area contributed by atoms with Crippen LogP contribution in [0.2, 0.25) is 0 Å². The molecule has 0 aromatic rings. The van der Waals surface area contributed by atoms with Gasteiger partial charge in [-0.15, -0.1) is 0 Å². The quantitative estimate of drug-likeness (QED) is 0.499. The van der Waals surface area contributed by atoms with Crippen LogP contribution in [0.1, 0.15) is 19.8 Å². The van der Waals surface area contributed by atoms with E-state index in [9.17, 15) is 22.8 Å². The maximum atomic E-state index is 12.3. The van der Waals surface area contributed by atoms with Crippen molar-refractivity contribution in [2.24, 2.45) is 0 Å². The standard InChI is InChI=1S/C11H18F3NO4/c1-3-19-8-4-6-15(7-5-9(16)18-2)10(17)11(12,13)14/h3-8H2,1-2H3. The molecule has 8 heteroatoms. The van der Waals surface area contributed by atoms with Crippen LogP contribution >= 0.6 is 0 Å². The summed E-state index contributed by atoms with van der Waals surface area (Å²) < 4.78 is 46.3. The fourth-order valence-corrected chi connectivity index (χ4v) is 1.32. The number of amides is 1. The van der Waals surface area contributed by atoms with Gasteiger partial charge in [0, 0.05) is 26.3 Å². The van der Waals surface area contributed by atoms with E-state index in [2.05, 4.69) is 4.74 Å². The Kier molecular flexibility index (Phi) is 8.13. The van der Waals surface area contributed by atoms with Crippen LogP contribution in [-0.4, -0.2) is 56.4 Å². The predicted molar refractivity (Wildman–Crippen MR) is 60.4 cm³/mol. The number of rotatable bonds is 8. The van der Waals surface area contributed by atoms with Gasteiger partial charge < -0.3 is 14.4 Å². The molecule has 1 amide bonds. The van der Waals surface area contributed by atoms with Gasteiger partial charge in [-0.1, -0.05) is 0 Å². The Morgan fingerprint density at radius 3 is 2.32 bits per heavy atom. The van der Waals surface area contributed by atoms with Crippen LogP contribution in [0.3, 0.4) is 0 Å². The normalized spacial score (nSPS) is 11.2. The Morgan fingerprint density at radius 2 is 1.84 bits per heavy atom. The topological polar surface area (TPSA) is 55.8 Å². The monoisotopic (exact) mass is 285 g/mol. The lowest BCUT2D eigenvalue weighted by Gasteiger charge is -2.23. The highest BCUT2D eigenvalue weighted by atomic mass is 19.4. The zero-order valence-corrected chi connectivity index (χ0v) is 11.0. The average molecular weight is 285 g/mol. The minimum absolute atomic E-state index is 0.116. The zero-order valence-electron chi connectivity index (χ0n) is 11.0. The molecular formula is C11H18F3NO4. The summed E-state index contributed by atoms with van der Waals surface area (Å²) >= 11 is 0. The Hall–Kier alpha value is -1.31. The van der Waals surface area contributed by atoms with Crippen molar-refractivity contribution in [3.63, 3.8) is 0 Å². The lowest BCUT2D eigenvalue weighted by Crippen LogP contribution is -2.43. The number of hydrogen-bond donors (Lipinski definition) is 0. The second kappa shape index (κ2) is 8.73. The number of carbonyl (C=O) groups is 2. The molecule has 0 aliphatic rings. The van der Waals surface area contributed by atoms with Gasteiger partial charge in [0.2, 0.25) is 0 Å². The molecule has 0 bridgehead atoms. The molecule has 0 rings (SSSR count). The summed E-state index contributed by atoms with van der Waals surface area (Å²) in [7, 11) is 1.13. The van der Waals surface area contributed by atoms with Crippen molar-refractivity contribution in [1.82, 2.24) is 4.90 Å². The molecule has 0 aromatic heterocycles. The van der Waals surface area contributed by atoms with Crippen LogP contribution in [0, 0.1) is 0 Å². The Bertz CT molecular complexity index is 294. The second-order valence-corrected chi connectivity index (χ2v) is 3.67. The molecule has 0 fully saturated rings. The summed E-state index contributed by atoms with van der Waals surface area (Å²) in [5, 5.41) is 0. The van der Waals surface area contributed by atoms with Crippen LogP contribution in [-0.2, 0) is 19.1 Å². The van der Waals surface area contributed by atoms with Gasteiger partial charge >= 0.3 is 18.1 Å². The first-order valence-electron chi connectivity index (χ1n) is 5.83. The van der Waals surface area contributed by atoms with Gasteiger partial charge in [-0.25, -0.2) is 0 Å². The third-order valence-electron chi connectivity index (χ3n) is 2.26. The molecular weight excluding hydrogens is 267 g/mol. The van der Waals surface area contributed by atoms with Gasteiger partial charge in [0.25, 0.3) is 0 Å².